The molecule has 0 aliphatic heterocycles. The van der Waals surface area contributed by atoms with Crippen LogP contribution in [0.15, 0.2) is 18.2 Å². The molecule has 17 heavy (non-hydrogen) atoms. The third-order valence-corrected chi connectivity index (χ3v) is 2.45. The standard InChI is InChI=1S/C11H9NO4S/c1-8(13)17-6-2-3-9-4-5-11(14)10(7-9)12(15)16/h4-5,7,14H,6H2,1H3. The van der Waals surface area contributed by atoms with E-state index in [0.29, 0.717) is 11.3 Å². The van der Waals surface area contributed by atoms with Crippen LogP contribution in [0.3, 0.4) is 0 Å². The zero-order valence-electron chi connectivity index (χ0n) is 8.97. The first-order valence-electron chi connectivity index (χ1n) is 4.60. The molecule has 0 aromatic heterocycles. The molecule has 0 heterocycles. The van der Waals surface area contributed by atoms with Crippen molar-refractivity contribution in [2.45, 2.75) is 6.92 Å². The Kier molecular flexibility index (Phi) is 4.55. The summed E-state index contributed by atoms with van der Waals surface area (Å²) < 4.78 is 0. The van der Waals surface area contributed by atoms with E-state index >= 15 is 0 Å². The van der Waals surface area contributed by atoms with E-state index in [0.717, 1.165) is 11.8 Å². The molecule has 0 saturated carbocycles. The van der Waals surface area contributed by atoms with E-state index in [2.05, 4.69) is 11.8 Å². The molecular formula is C11H9NO4S. The summed E-state index contributed by atoms with van der Waals surface area (Å²) in [6.07, 6.45) is 0. The predicted molar refractivity (Wildman–Crippen MR) is 64.8 cm³/mol. The van der Waals surface area contributed by atoms with Crippen LogP contribution in [-0.2, 0) is 4.79 Å². The van der Waals surface area contributed by atoms with E-state index in [1.54, 1.807) is 0 Å². The van der Waals surface area contributed by atoms with Gasteiger partial charge in [-0.1, -0.05) is 23.6 Å². The van der Waals surface area contributed by atoms with Gasteiger partial charge >= 0.3 is 5.69 Å². The van der Waals surface area contributed by atoms with Crippen LogP contribution in [0.5, 0.6) is 5.75 Å². The fourth-order valence-corrected chi connectivity index (χ4v) is 1.37. The van der Waals surface area contributed by atoms with Crippen molar-refractivity contribution in [1.29, 1.82) is 0 Å². The fraction of sp³-hybridized carbons (Fsp3) is 0.182. The summed E-state index contributed by atoms with van der Waals surface area (Å²) in [6.45, 7) is 1.44. The number of benzene rings is 1. The molecule has 1 aromatic carbocycles. The van der Waals surface area contributed by atoms with Crippen molar-refractivity contribution in [3.05, 3.63) is 33.9 Å². The minimum Gasteiger partial charge on any atom is -0.502 e. The van der Waals surface area contributed by atoms with Crippen LogP contribution >= 0.6 is 11.8 Å². The molecule has 0 aliphatic rings. The molecule has 0 spiro atoms. The number of nitro benzene ring substituents is 1. The molecule has 0 radical (unpaired) electrons. The van der Waals surface area contributed by atoms with Crippen LogP contribution in [0.1, 0.15) is 12.5 Å². The van der Waals surface area contributed by atoms with Gasteiger partial charge in [0, 0.05) is 18.6 Å². The highest BCUT2D eigenvalue weighted by atomic mass is 32.2. The first-order chi connectivity index (χ1) is 8.00. The quantitative estimate of drug-likeness (QED) is 0.493. The van der Waals surface area contributed by atoms with Gasteiger partial charge in [0.2, 0.25) is 0 Å². The summed E-state index contributed by atoms with van der Waals surface area (Å²) >= 11 is 1.07. The lowest BCUT2D eigenvalue weighted by molar-refractivity contribution is -0.385. The molecule has 1 N–H and O–H groups in total. The minimum atomic E-state index is -0.676. The average Bonchev–Trinajstić information content (AvgIpc) is 2.25. The number of rotatable bonds is 2. The van der Waals surface area contributed by atoms with Crippen LogP contribution in [0.4, 0.5) is 5.69 Å². The zero-order chi connectivity index (χ0) is 12.8. The molecule has 0 fully saturated rings. The molecule has 6 heteroatoms. The van der Waals surface area contributed by atoms with Crippen molar-refractivity contribution in [2.24, 2.45) is 0 Å². The maximum Gasteiger partial charge on any atom is 0.311 e. The number of nitro groups is 1. The van der Waals surface area contributed by atoms with Crippen LogP contribution < -0.4 is 0 Å². The number of phenols is 1. The molecule has 88 valence electrons. The molecule has 0 bridgehead atoms. The van der Waals surface area contributed by atoms with E-state index in [4.69, 9.17) is 0 Å². The lowest BCUT2D eigenvalue weighted by Crippen LogP contribution is -1.89. The van der Waals surface area contributed by atoms with Crippen molar-refractivity contribution in [3.8, 4) is 17.6 Å². The smallest absolute Gasteiger partial charge is 0.311 e. The average molecular weight is 251 g/mol. The van der Waals surface area contributed by atoms with Crippen molar-refractivity contribution in [2.75, 3.05) is 5.75 Å². The SMILES string of the molecule is CC(=O)SCC#Cc1ccc(O)c([N+](=O)[O-])c1. The Morgan fingerprint density at radius 1 is 1.59 bits per heavy atom. The third-order valence-electron chi connectivity index (χ3n) is 1.75. The zero-order valence-corrected chi connectivity index (χ0v) is 9.78. The van der Waals surface area contributed by atoms with Gasteiger partial charge in [-0.2, -0.15) is 0 Å². The van der Waals surface area contributed by atoms with Gasteiger partial charge in [0.25, 0.3) is 0 Å². The summed E-state index contributed by atoms with van der Waals surface area (Å²) in [7, 11) is 0. The van der Waals surface area contributed by atoms with Gasteiger partial charge in [-0.15, -0.1) is 0 Å². The van der Waals surface area contributed by atoms with Crippen molar-refractivity contribution >= 4 is 22.6 Å². The molecular weight excluding hydrogens is 242 g/mol. The van der Waals surface area contributed by atoms with Gasteiger partial charge < -0.3 is 5.11 Å². The molecule has 5 nitrogen and oxygen atoms in total. The van der Waals surface area contributed by atoms with Gasteiger partial charge in [0.05, 0.1) is 10.7 Å². The maximum atomic E-state index is 10.6. The van der Waals surface area contributed by atoms with E-state index in [9.17, 15) is 20.0 Å². The monoisotopic (exact) mass is 251 g/mol. The van der Waals surface area contributed by atoms with Crippen LogP contribution in [0.25, 0.3) is 0 Å². The molecule has 0 amide bonds. The maximum absolute atomic E-state index is 10.6. The summed E-state index contributed by atoms with van der Waals surface area (Å²) in [5.74, 6) is 5.34. The second-order valence-electron chi connectivity index (χ2n) is 3.04. The Morgan fingerprint density at radius 2 is 2.29 bits per heavy atom. The predicted octanol–water partition coefficient (Wildman–Crippen LogP) is 1.93. The number of hydrogen-bond donors (Lipinski definition) is 1. The molecule has 0 saturated heterocycles. The summed E-state index contributed by atoms with van der Waals surface area (Å²) in [6, 6.07) is 3.90. The Labute approximate surface area is 102 Å². The van der Waals surface area contributed by atoms with Crippen LogP contribution in [0, 0.1) is 22.0 Å². The number of thioether (sulfide) groups is 1. The third kappa shape index (κ3) is 4.17. The lowest BCUT2D eigenvalue weighted by Gasteiger charge is -1.95. The van der Waals surface area contributed by atoms with Crippen molar-refractivity contribution < 1.29 is 14.8 Å². The van der Waals surface area contributed by atoms with Crippen molar-refractivity contribution in [3.63, 3.8) is 0 Å². The topological polar surface area (TPSA) is 80.4 Å². The van der Waals surface area contributed by atoms with E-state index in [1.165, 1.54) is 25.1 Å². The largest absolute Gasteiger partial charge is 0.502 e. The highest BCUT2D eigenvalue weighted by molar-refractivity contribution is 8.13. The molecule has 1 rings (SSSR count). The van der Waals surface area contributed by atoms with Gasteiger partial charge in [0.1, 0.15) is 0 Å². The number of hydrogen-bond acceptors (Lipinski definition) is 5. The van der Waals surface area contributed by atoms with Gasteiger partial charge in [0.15, 0.2) is 10.9 Å². The van der Waals surface area contributed by atoms with Crippen molar-refractivity contribution in [1.82, 2.24) is 0 Å². The Bertz CT molecular complexity index is 516. The number of carbonyl (C=O) groups is 1. The van der Waals surface area contributed by atoms with Crippen LogP contribution in [0.2, 0.25) is 0 Å². The second-order valence-corrected chi connectivity index (χ2v) is 4.19. The molecule has 1 aromatic rings. The van der Waals surface area contributed by atoms with E-state index < -0.39 is 10.7 Å². The minimum absolute atomic E-state index is 0.0315. The van der Waals surface area contributed by atoms with Gasteiger partial charge in [-0.25, -0.2) is 0 Å². The Hall–Kier alpha value is -2.00. The van der Waals surface area contributed by atoms with E-state index in [1.807, 2.05) is 0 Å². The molecule has 0 unspecified atom stereocenters. The first-order valence-corrected chi connectivity index (χ1v) is 5.59. The lowest BCUT2D eigenvalue weighted by atomic mass is 10.2. The number of nitrogens with zero attached hydrogens (tertiary/aromatic N) is 1. The van der Waals surface area contributed by atoms with Crippen LogP contribution in [-0.4, -0.2) is 20.9 Å². The van der Waals surface area contributed by atoms with E-state index in [-0.39, 0.29) is 10.8 Å². The fourth-order valence-electron chi connectivity index (χ4n) is 1.02. The van der Waals surface area contributed by atoms with Gasteiger partial charge in [-0.05, 0) is 12.1 Å². The highest BCUT2D eigenvalue weighted by Crippen LogP contribution is 2.25. The highest BCUT2D eigenvalue weighted by Gasteiger charge is 2.12. The normalized spacial score (nSPS) is 9.24. The Morgan fingerprint density at radius 3 is 2.88 bits per heavy atom. The molecule has 0 aliphatic carbocycles. The number of aromatic hydroxyl groups is 1. The summed E-state index contributed by atoms with van der Waals surface area (Å²) in [5.41, 5.74) is 0.0506. The number of carbonyl (C=O) groups excluding carboxylic acids is 1. The number of phenolic OH excluding ortho intramolecular Hbond substituents is 1. The summed E-state index contributed by atoms with van der Waals surface area (Å²) in [5, 5.41) is 19.7. The first kappa shape index (κ1) is 13.1. The summed E-state index contributed by atoms with van der Waals surface area (Å²) in [4.78, 5) is 20.5. The second kappa shape index (κ2) is 5.92. The van der Waals surface area contributed by atoms with Gasteiger partial charge in [-0.3, -0.25) is 14.9 Å². The Balaban J connectivity index is 2.82. The molecule has 0 atom stereocenters.